The van der Waals surface area contributed by atoms with E-state index in [0.29, 0.717) is 0 Å². The predicted octanol–water partition coefficient (Wildman–Crippen LogP) is 6.10. The van der Waals surface area contributed by atoms with E-state index in [0.717, 1.165) is 6.42 Å². The molecule has 0 saturated carbocycles. The minimum atomic E-state index is 1.11. The monoisotopic (exact) mass is 236 g/mol. The van der Waals surface area contributed by atoms with Gasteiger partial charge in [-0.2, -0.15) is 0 Å². The molecule has 100 valence electrons. The van der Waals surface area contributed by atoms with Crippen molar-refractivity contribution in [2.24, 2.45) is 0 Å². The molecule has 0 saturated heterocycles. The Kier molecular flexibility index (Phi) is 15.2. The number of hydrogen-bond donors (Lipinski definition) is 0. The van der Waals surface area contributed by atoms with Crippen LogP contribution in [0.4, 0.5) is 0 Å². The Morgan fingerprint density at radius 2 is 1.00 bits per heavy atom. The first-order valence-corrected chi connectivity index (χ1v) is 7.81. The lowest BCUT2D eigenvalue weighted by Gasteiger charge is -2.01. The summed E-state index contributed by atoms with van der Waals surface area (Å²) < 4.78 is 0. The van der Waals surface area contributed by atoms with E-state index in [1.165, 1.54) is 77.0 Å². The predicted molar refractivity (Wildman–Crippen MR) is 79.1 cm³/mol. The SMILES string of the molecule is CC#CCCCCCCCCCCCCCC. The Hall–Kier alpha value is -0.440. The van der Waals surface area contributed by atoms with Crippen molar-refractivity contribution in [1.82, 2.24) is 0 Å². The van der Waals surface area contributed by atoms with Gasteiger partial charge in [-0.15, -0.1) is 11.8 Å². The third-order valence-corrected chi connectivity index (χ3v) is 3.33. The first-order valence-electron chi connectivity index (χ1n) is 7.81. The van der Waals surface area contributed by atoms with E-state index in [2.05, 4.69) is 18.8 Å². The molecule has 0 fully saturated rings. The highest BCUT2D eigenvalue weighted by atomic mass is 14.0. The molecule has 0 heterocycles. The van der Waals surface area contributed by atoms with Gasteiger partial charge in [0, 0.05) is 6.42 Å². The molecular weight excluding hydrogens is 204 g/mol. The van der Waals surface area contributed by atoms with Crippen LogP contribution in [0.25, 0.3) is 0 Å². The highest BCUT2D eigenvalue weighted by Crippen LogP contribution is 2.12. The van der Waals surface area contributed by atoms with Crippen molar-refractivity contribution in [3.8, 4) is 11.8 Å². The van der Waals surface area contributed by atoms with Gasteiger partial charge in [0.05, 0.1) is 0 Å². The average molecular weight is 236 g/mol. The van der Waals surface area contributed by atoms with Gasteiger partial charge in [-0.25, -0.2) is 0 Å². The van der Waals surface area contributed by atoms with Crippen molar-refractivity contribution in [2.75, 3.05) is 0 Å². The zero-order chi connectivity index (χ0) is 12.6. The standard InChI is InChI=1S/C17H32/c1-3-5-7-9-11-13-15-17-16-14-12-10-8-6-4-2/h3,5,7-17H2,1-2H3. The van der Waals surface area contributed by atoms with E-state index < -0.39 is 0 Å². The molecule has 0 aromatic carbocycles. The first-order chi connectivity index (χ1) is 8.41. The van der Waals surface area contributed by atoms with Gasteiger partial charge in [0.1, 0.15) is 0 Å². The van der Waals surface area contributed by atoms with Gasteiger partial charge in [-0.1, -0.05) is 77.6 Å². The smallest absolute Gasteiger partial charge is 0.00885 e. The van der Waals surface area contributed by atoms with Gasteiger partial charge in [0.15, 0.2) is 0 Å². The summed E-state index contributed by atoms with van der Waals surface area (Å²) in [7, 11) is 0. The van der Waals surface area contributed by atoms with Crippen LogP contribution < -0.4 is 0 Å². The van der Waals surface area contributed by atoms with Crippen molar-refractivity contribution in [2.45, 2.75) is 97.3 Å². The molecule has 0 aliphatic rings. The summed E-state index contributed by atoms with van der Waals surface area (Å²) in [4.78, 5) is 0. The van der Waals surface area contributed by atoms with Crippen LogP contribution in [0.1, 0.15) is 97.3 Å². The van der Waals surface area contributed by atoms with Gasteiger partial charge in [0.2, 0.25) is 0 Å². The van der Waals surface area contributed by atoms with Gasteiger partial charge in [-0.3, -0.25) is 0 Å². The maximum Gasteiger partial charge on any atom is 0.00885 e. The molecule has 0 unspecified atom stereocenters. The molecule has 17 heavy (non-hydrogen) atoms. The minimum absolute atomic E-state index is 1.11. The van der Waals surface area contributed by atoms with Crippen LogP contribution >= 0.6 is 0 Å². The molecule has 0 aliphatic heterocycles. The van der Waals surface area contributed by atoms with Crippen LogP contribution in [0.2, 0.25) is 0 Å². The average Bonchev–Trinajstić information content (AvgIpc) is 2.35. The Morgan fingerprint density at radius 3 is 1.41 bits per heavy atom. The molecular formula is C17H32. The first kappa shape index (κ1) is 16.6. The van der Waals surface area contributed by atoms with Gasteiger partial charge in [0.25, 0.3) is 0 Å². The summed E-state index contributed by atoms with van der Waals surface area (Å²) in [5, 5.41) is 0. The third kappa shape index (κ3) is 15.6. The van der Waals surface area contributed by atoms with Crippen molar-refractivity contribution in [3.63, 3.8) is 0 Å². The van der Waals surface area contributed by atoms with Gasteiger partial charge < -0.3 is 0 Å². The van der Waals surface area contributed by atoms with Gasteiger partial charge in [-0.05, 0) is 13.3 Å². The quantitative estimate of drug-likeness (QED) is 0.284. The van der Waals surface area contributed by atoms with Crippen LogP contribution in [0.3, 0.4) is 0 Å². The summed E-state index contributed by atoms with van der Waals surface area (Å²) in [6, 6.07) is 0. The fraction of sp³-hybridized carbons (Fsp3) is 0.882. The summed E-state index contributed by atoms with van der Waals surface area (Å²) in [6.45, 7) is 4.21. The van der Waals surface area contributed by atoms with Crippen LogP contribution in [0.15, 0.2) is 0 Å². The zero-order valence-corrected chi connectivity index (χ0v) is 12.2. The molecule has 0 spiro atoms. The normalized spacial score (nSPS) is 10.0. The van der Waals surface area contributed by atoms with E-state index in [9.17, 15) is 0 Å². The molecule has 0 rings (SSSR count). The Bertz CT molecular complexity index is 182. The molecule has 0 aromatic heterocycles. The Morgan fingerprint density at radius 1 is 0.588 bits per heavy atom. The van der Waals surface area contributed by atoms with Crippen LogP contribution in [-0.2, 0) is 0 Å². The topological polar surface area (TPSA) is 0 Å². The number of rotatable bonds is 12. The second kappa shape index (κ2) is 15.6. The maximum atomic E-state index is 3.13. The second-order valence-corrected chi connectivity index (χ2v) is 5.07. The maximum absolute atomic E-state index is 3.13. The van der Waals surface area contributed by atoms with Crippen molar-refractivity contribution < 1.29 is 0 Å². The minimum Gasteiger partial charge on any atom is -0.107 e. The highest BCUT2D eigenvalue weighted by molar-refractivity contribution is 4.94. The Balaban J connectivity index is 2.91. The molecule has 0 radical (unpaired) electrons. The van der Waals surface area contributed by atoms with Crippen molar-refractivity contribution in [3.05, 3.63) is 0 Å². The summed E-state index contributed by atoms with van der Waals surface area (Å²) in [5.74, 6) is 6.09. The van der Waals surface area contributed by atoms with Crippen LogP contribution in [0.5, 0.6) is 0 Å². The van der Waals surface area contributed by atoms with E-state index in [-0.39, 0.29) is 0 Å². The Labute approximate surface area is 110 Å². The molecule has 0 N–H and O–H groups in total. The number of unbranched alkanes of at least 4 members (excludes halogenated alkanes) is 12. The molecule has 0 atom stereocenters. The van der Waals surface area contributed by atoms with Crippen molar-refractivity contribution in [1.29, 1.82) is 0 Å². The van der Waals surface area contributed by atoms with Crippen LogP contribution in [-0.4, -0.2) is 0 Å². The highest BCUT2D eigenvalue weighted by Gasteiger charge is 1.92. The summed E-state index contributed by atoms with van der Waals surface area (Å²) in [6.07, 6.45) is 18.2. The lowest BCUT2D eigenvalue weighted by molar-refractivity contribution is 0.545. The third-order valence-electron chi connectivity index (χ3n) is 3.33. The molecule has 0 nitrogen and oxygen atoms in total. The zero-order valence-electron chi connectivity index (χ0n) is 12.2. The van der Waals surface area contributed by atoms with E-state index >= 15 is 0 Å². The van der Waals surface area contributed by atoms with E-state index in [4.69, 9.17) is 0 Å². The second-order valence-electron chi connectivity index (χ2n) is 5.07. The summed E-state index contributed by atoms with van der Waals surface area (Å²) in [5.41, 5.74) is 0. The fourth-order valence-corrected chi connectivity index (χ4v) is 2.18. The van der Waals surface area contributed by atoms with E-state index in [1.54, 1.807) is 0 Å². The fourth-order valence-electron chi connectivity index (χ4n) is 2.18. The largest absolute Gasteiger partial charge is 0.107 e. The van der Waals surface area contributed by atoms with Crippen LogP contribution in [0, 0.1) is 11.8 Å². The molecule has 0 aliphatic carbocycles. The molecule has 0 aromatic rings. The molecule has 0 amide bonds. The van der Waals surface area contributed by atoms with E-state index in [1.807, 2.05) is 6.92 Å². The lowest BCUT2D eigenvalue weighted by Crippen LogP contribution is -1.82. The molecule has 0 heteroatoms. The number of hydrogen-bond acceptors (Lipinski definition) is 0. The summed E-state index contributed by atoms with van der Waals surface area (Å²) >= 11 is 0. The van der Waals surface area contributed by atoms with Gasteiger partial charge >= 0.3 is 0 Å². The lowest BCUT2D eigenvalue weighted by atomic mass is 10.0. The molecule has 0 bridgehead atoms. The van der Waals surface area contributed by atoms with Crippen molar-refractivity contribution >= 4 is 0 Å².